The van der Waals surface area contributed by atoms with E-state index >= 15 is 0 Å². The van der Waals surface area contributed by atoms with Crippen LogP contribution in [0, 0.1) is 39.2 Å². The summed E-state index contributed by atoms with van der Waals surface area (Å²) in [6, 6.07) is 2.89. The highest BCUT2D eigenvalue weighted by Crippen LogP contribution is 2.35. The van der Waals surface area contributed by atoms with Gasteiger partial charge < -0.3 is 10.1 Å². The van der Waals surface area contributed by atoms with Gasteiger partial charge in [-0.3, -0.25) is 10.1 Å². The molecule has 0 heterocycles. The number of anilines is 1. The Morgan fingerprint density at radius 3 is 2.00 bits per heavy atom. The van der Waals surface area contributed by atoms with Gasteiger partial charge in [0.25, 0.3) is 5.69 Å². The highest BCUT2D eigenvalue weighted by Gasteiger charge is 2.27. The van der Waals surface area contributed by atoms with E-state index in [0.29, 0.717) is 0 Å². The van der Waals surface area contributed by atoms with Gasteiger partial charge in [-0.2, -0.15) is 8.78 Å². The molecule has 2 rings (SSSR count). The molecule has 0 spiro atoms. The number of benzene rings is 2. The molecule has 0 saturated heterocycles. The molecule has 0 aliphatic heterocycles. The number of nitro groups is 1. The third kappa shape index (κ3) is 2.87. The molecule has 10 heteroatoms. The van der Waals surface area contributed by atoms with Crippen molar-refractivity contribution in [1.29, 1.82) is 0 Å². The van der Waals surface area contributed by atoms with Crippen molar-refractivity contribution in [2.75, 3.05) is 12.4 Å². The molecule has 0 saturated carbocycles. The Hall–Kier alpha value is -2.91. The van der Waals surface area contributed by atoms with Crippen molar-refractivity contribution in [2.24, 2.45) is 0 Å². The van der Waals surface area contributed by atoms with Crippen LogP contribution in [0.25, 0.3) is 0 Å². The Labute approximate surface area is 125 Å². The van der Waals surface area contributed by atoms with Crippen molar-refractivity contribution in [3.05, 3.63) is 57.4 Å². The summed E-state index contributed by atoms with van der Waals surface area (Å²) in [7, 11) is 1.34. The predicted molar refractivity (Wildman–Crippen MR) is 68.9 cm³/mol. The molecule has 2 aromatic rings. The number of halogens is 5. The molecule has 0 aliphatic rings. The minimum absolute atomic E-state index is 0.0728. The van der Waals surface area contributed by atoms with Gasteiger partial charge in [0.2, 0.25) is 34.8 Å². The third-order valence-corrected chi connectivity index (χ3v) is 2.82. The van der Waals surface area contributed by atoms with E-state index in [1.165, 1.54) is 7.05 Å². The third-order valence-electron chi connectivity index (χ3n) is 2.82. The van der Waals surface area contributed by atoms with Gasteiger partial charge in [-0.1, -0.05) is 0 Å². The van der Waals surface area contributed by atoms with Crippen molar-refractivity contribution in [3.63, 3.8) is 0 Å². The lowest BCUT2D eigenvalue weighted by atomic mass is 10.2. The monoisotopic (exact) mass is 334 g/mol. The van der Waals surface area contributed by atoms with Gasteiger partial charge in [0.1, 0.15) is 11.4 Å². The number of hydrogen-bond donors (Lipinski definition) is 1. The zero-order chi connectivity index (χ0) is 17.3. The highest BCUT2D eigenvalue weighted by atomic mass is 19.2. The topological polar surface area (TPSA) is 64.4 Å². The predicted octanol–water partition coefficient (Wildman–Crippen LogP) is 4.12. The van der Waals surface area contributed by atoms with E-state index < -0.39 is 39.8 Å². The van der Waals surface area contributed by atoms with E-state index in [0.717, 1.165) is 18.2 Å². The molecule has 0 aliphatic carbocycles. The fourth-order valence-electron chi connectivity index (χ4n) is 1.73. The second-order valence-corrected chi connectivity index (χ2v) is 4.19. The van der Waals surface area contributed by atoms with Crippen LogP contribution in [-0.4, -0.2) is 12.0 Å². The van der Waals surface area contributed by atoms with Crippen LogP contribution in [0.2, 0.25) is 0 Å². The lowest BCUT2D eigenvalue weighted by molar-refractivity contribution is -0.384. The summed E-state index contributed by atoms with van der Waals surface area (Å²) in [5.74, 6) is -12.8. The summed E-state index contributed by atoms with van der Waals surface area (Å²) in [5, 5.41) is 13.2. The first-order valence-electron chi connectivity index (χ1n) is 5.93. The first-order chi connectivity index (χ1) is 10.8. The van der Waals surface area contributed by atoms with E-state index in [9.17, 15) is 32.1 Å². The van der Waals surface area contributed by atoms with Gasteiger partial charge in [0.15, 0.2) is 0 Å². The van der Waals surface area contributed by atoms with Gasteiger partial charge in [0, 0.05) is 19.2 Å². The van der Waals surface area contributed by atoms with Gasteiger partial charge >= 0.3 is 0 Å². The highest BCUT2D eigenvalue weighted by molar-refractivity contribution is 5.64. The fourth-order valence-corrected chi connectivity index (χ4v) is 1.73. The van der Waals surface area contributed by atoms with Crippen molar-refractivity contribution in [2.45, 2.75) is 0 Å². The van der Waals surface area contributed by atoms with Crippen molar-refractivity contribution >= 4 is 11.4 Å². The average molecular weight is 334 g/mol. The Morgan fingerprint density at radius 1 is 1.00 bits per heavy atom. The number of nitrogens with one attached hydrogen (secondary N) is 1. The molecular weight excluding hydrogens is 327 g/mol. The van der Waals surface area contributed by atoms with Gasteiger partial charge in [-0.25, -0.2) is 13.2 Å². The molecule has 122 valence electrons. The van der Waals surface area contributed by atoms with Gasteiger partial charge in [-0.05, 0) is 6.07 Å². The number of rotatable bonds is 4. The van der Waals surface area contributed by atoms with E-state index in [4.69, 9.17) is 0 Å². The van der Waals surface area contributed by atoms with Crippen LogP contribution < -0.4 is 10.1 Å². The molecule has 5 nitrogen and oxygen atoms in total. The zero-order valence-electron chi connectivity index (χ0n) is 11.3. The van der Waals surface area contributed by atoms with Crippen molar-refractivity contribution < 1.29 is 31.6 Å². The lowest BCUT2D eigenvalue weighted by Crippen LogP contribution is -2.04. The average Bonchev–Trinajstić information content (AvgIpc) is 2.54. The minimum Gasteiger partial charge on any atom is -0.451 e. The molecule has 2 aromatic carbocycles. The Balaban J connectivity index is 2.50. The molecule has 1 N–H and O–H groups in total. The quantitative estimate of drug-likeness (QED) is 0.300. The number of nitrogens with zero attached hydrogens (tertiary/aromatic N) is 1. The SMILES string of the molecule is CNc1cc(Oc2c(F)c(F)c(F)c(F)c2F)ccc1[N+](=O)[O-]. The first kappa shape index (κ1) is 16.5. The molecule has 0 aromatic heterocycles. The summed E-state index contributed by atoms with van der Waals surface area (Å²) in [5.41, 5.74) is -0.436. The summed E-state index contributed by atoms with van der Waals surface area (Å²) < 4.78 is 70.8. The van der Waals surface area contributed by atoms with E-state index in [1.807, 2.05) is 0 Å². The lowest BCUT2D eigenvalue weighted by Gasteiger charge is -2.11. The first-order valence-corrected chi connectivity index (χ1v) is 5.93. The summed E-state index contributed by atoms with van der Waals surface area (Å²) in [4.78, 5) is 10.0. The van der Waals surface area contributed by atoms with Gasteiger partial charge in [0.05, 0.1) is 4.92 Å². The molecule has 0 radical (unpaired) electrons. The number of hydrogen-bond acceptors (Lipinski definition) is 4. The second kappa shape index (κ2) is 6.07. The van der Waals surface area contributed by atoms with E-state index in [2.05, 4.69) is 10.1 Å². The molecule has 0 unspecified atom stereocenters. The van der Waals surface area contributed by atoms with Crippen molar-refractivity contribution in [1.82, 2.24) is 0 Å². The summed E-state index contributed by atoms with van der Waals surface area (Å²) in [6.45, 7) is 0. The van der Waals surface area contributed by atoms with Crippen LogP contribution in [-0.2, 0) is 0 Å². The normalized spacial score (nSPS) is 10.5. The van der Waals surface area contributed by atoms with Crippen LogP contribution >= 0.6 is 0 Å². The Morgan fingerprint density at radius 2 is 1.52 bits per heavy atom. The molecule has 0 fully saturated rings. The summed E-state index contributed by atoms with van der Waals surface area (Å²) >= 11 is 0. The fraction of sp³-hybridized carbons (Fsp3) is 0.0769. The number of ether oxygens (including phenoxy) is 1. The van der Waals surface area contributed by atoms with Crippen LogP contribution in [0.15, 0.2) is 18.2 Å². The Kier molecular flexibility index (Phi) is 4.34. The minimum atomic E-state index is -2.31. The smallest absolute Gasteiger partial charge is 0.292 e. The van der Waals surface area contributed by atoms with Crippen LogP contribution in [0.1, 0.15) is 0 Å². The molecule has 0 amide bonds. The van der Waals surface area contributed by atoms with Crippen LogP contribution in [0.5, 0.6) is 11.5 Å². The van der Waals surface area contributed by atoms with Crippen molar-refractivity contribution in [3.8, 4) is 11.5 Å². The Bertz CT molecular complexity index is 769. The maximum absolute atomic E-state index is 13.5. The number of nitro benzene ring substituents is 1. The maximum Gasteiger partial charge on any atom is 0.292 e. The second-order valence-electron chi connectivity index (χ2n) is 4.19. The molecule has 0 atom stereocenters. The van der Waals surface area contributed by atoms with Crippen LogP contribution in [0.4, 0.5) is 33.3 Å². The standard InChI is InChI=1S/C13H7F5N2O3/c1-19-6-4-5(2-3-7(6)20(21)22)23-13-11(17)9(15)8(14)10(16)12(13)18/h2-4,19H,1H3. The largest absolute Gasteiger partial charge is 0.451 e. The maximum atomic E-state index is 13.5. The molecular formula is C13H7F5N2O3. The molecule has 23 heavy (non-hydrogen) atoms. The molecule has 0 bridgehead atoms. The van der Waals surface area contributed by atoms with Crippen LogP contribution in [0.3, 0.4) is 0 Å². The van der Waals surface area contributed by atoms with E-state index in [1.54, 1.807) is 0 Å². The summed E-state index contributed by atoms with van der Waals surface area (Å²) in [6.07, 6.45) is 0. The van der Waals surface area contributed by atoms with Gasteiger partial charge in [-0.15, -0.1) is 0 Å². The zero-order valence-corrected chi connectivity index (χ0v) is 11.3. The van der Waals surface area contributed by atoms with E-state index in [-0.39, 0.29) is 17.1 Å².